The third-order valence-corrected chi connectivity index (χ3v) is 5.85. The predicted molar refractivity (Wildman–Crippen MR) is 121 cm³/mol. The molecule has 0 aliphatic carbocycles. The van der Waals surface area contributed by atoms with Crippen LogP contribution < -0.4 is 20.4 Å². The van der Waals surface area contributed by atoms with Crippen molar-refractivity contribution in [3.05, 3.63) is 65.2 Å². The van der Waals surface area contributed by atoms with Crippen LogP contribution >= 0.6 is 0 Å². The number of carbonyl (C=O) groups is 2. The van der Waals surface area contributed by atoms with Gasteiger partial charge in [-0.1, -0.05) is 36.4 Å². The standard InChI is InChI=1S/C24H32N4O3/c1-27(2)21-10-8-19(9-11-21)22(16-26-24(31)23(30)25-13-5-15-29)28-14-12-18-6-3-4-7-20(18)17-28/h3-4,6-11,22,29H,5,12-17H2,1-2H3,(H,25,30)(H,26,31)/p+1/t22-/m1/s1. The number of hydrogen-bond donors (Lipinski definition) is 4. The Hall–Kier alpha value is -2.90. The van der Waals surface area contributed by atoms with Crippen LogP contribution in [0.4, 0.5) is 5.69 Å². The molecule has 166 valence electrons. The second-order valence-corrected chi connectivity index (χ2v) is 8.19. The number of nitrogens with zero attached hydrogens (tertiary/aromatic N) is 1. The minimum Gasteiger partial charge on any atom is -0.396 e. The number of aliphatic hydroxyl groups excluding tert-OH is 1. The predicted octanol–water partition coefficient (Wildman–Crippen LogP) is 0.0497. The van der Waals surface area contributed by atoms with E-state index in [9.17, 15) is 9.59 Å². The van der Waals surface area contributed by atoms with Gasteiger partial charge < -0.3 is 25.5 Å². The van der Waals surface area contributed by atoms with Crippen molar-refractivity contribution in [1.82, 2.24) is 10.6 Å². The maximum atomic E-state index is 12.3. The Kier molecular flexibility index (Phi) is 8.03. The quantitative estimate of drug-likeness (QED) is 0.356. The lowest BCUT2D eigenvalue weighted by molar-refractivity contribution is -0.945. The lowest BCUT2D eigenvalue weighted by atomic mass is 9.96. The molecule has 4 N–H and O–H groups in total. The summed E-state index contributed by atoms with van der Waals surface area (Å²) in [5.41, 5.74) is 4.99. The Labute approximate surface area is 184 Å². The van der Waals surface area contributed by atoms with Gasteiger partial charge in [0.25, 0.3) is 0 Å². The Morgan fingerprint density at radius 1 is 1.03 bits per heavy atom. The van der Waals surface area contributed by atoms with E-state index in [-0.39, 0.29) is 19.2 Å². The van der Waals surface area contributed by atoms with Crippen LogP contribution in [0, 0.1) is 0 Å². The summed E-state index contributed by atoms with van der Waals surface area (Å²) in [7, 11) is 4.02. The maximum absolute atomic E-state index is 12.3. The molecule has 0 aromatic heterocycles. The van der Waals surface area contributed by atoms with Crippen molar-refractivity contribution < 1.29 is 19.6 Å². The number of amides is 2. The zero-order chi connectivity index (χ0) is 22.2. The number of benzene rings is 2. The fourth-order valence-electron chi connectivity index (χ4n) is 4.04. The van der Waals surface area contributed by atoms with E-state index in [0.717, 1.165) is 30.8 Å². The normalized spacial score (nSPS) is 16.2. The Bertz CT molecular complexity index is 883. The first-order valence-electron chi connectivity index (χ1n) is 10.8. The van der Waals surface area contributed by atoms with Gasteiger partial charge in [0, 0.05) is 50.5 Å². The molecule has 7 heteroatoms. The molecule has 2 aromatic carbocycles. The highest BCUT2D eigenvalue weighted by molar-refractivity contribution is 6.35. The first kappa shape index (κ1) is 22.8. The van der Waals surface area contributed by atoms with E-state index in [1.165, 1.54) is 16.0 Å². The van der Waals surface area contributed by atoms with Crippen molar-refractivity contribution in [2.45, 2.75) is 25.4 Å². The first-order valence-corrected chi connectivity index (χ1v) is 10.8. The summed E-state index contributed by atoms with van der Waals surface area (Å²) < 4.78 is 0. The molecule has 1 aliphatic rings. The molecular weight excluding hydrogens is 392 g/mol. The van der Waals surface area contributed by atoms with Crippen molar-refractivity contribution in [3.8, 4) is 0 Å². The SMILES string of the molecule is CN(C)c1ccc([C@@H](CNC(=O)C(=O)NCCCO)[NH+]2CCc3ccccc3C2)cc1. The molecule has 1 unspecified atom stereocenters. The van der Waals surface area contributed by atoms with Gasteiger partial charge >= 0.3 is 11.8 Å². The maximum Gasteiger partial charge on any atom is 0.309 e. The van der Waals surface area contributed by atoms with Gasteiger partial charge in [-0.2, -0.15) is 0 Å². The summed E-state index contributed by atoms with van der Waals surface area (Å²) >= 11 is 0. The molecule has 0 saturated carbocycles. The van der Waals surface area contributed by atoms with Crippen LogP contribution in [0.25, 0.3) is 0 Å². The molecular formula is C24H33N4O3+. The Morgan fingerprint density at radius 3 is 2.39 bits per heavy atom. The summed E-state index contributed by atoms with van der Waals surface area (Å²) in [6.07, 6.45) is 1.42. The summed E-state index contributed by atoms with van der Waals surface area (Å²) in [4.78, 5) is 27.7. The van der Waals surface area contributed by atoms with Crippen LogP contribution in [-0.4, -0.2) is 57.3 Å². The average molecular weight is 426 g/mol. The lowest BCUT2D eigenvalue weighted by Gasteiger charge is -2.33. The molecule has 0 spiro atoms. The largest absolute Gasteiger partial charge is 0.396 e. The Morgan fingerprint density at radius 2 is 1.71 bits per heavy atom. The van der Waals surface area contributed by atoms with Crippen molar-refractivity contribution >= 4 is 17.5 Å². The average Bonchev–Trinajstić information content (AvgIpc) is 2.79. The van der Waals surface area contributed by atoms with Gasteiger partial charge in [-0.15, -0.1) is 0 Å². The van der Waals surface area contributed by atoms with E-state index in [4.69, 9.17) is 5.11 Å². The fourth-order valence-corrected chi connectivity index (χ4v) is 4.04. The lowest BCUT2D eigenvalue weighted by Crippen LogP contribution is -3.12. The zero-order valence-electron chi connectivity index (χ0n) is 18.4. The number of hydrogen-bond acceptors (Lipinski definition) is 4. The molecule has 0 radical (unpaired) electrons. The molecule has 1 aliphatic heterocycles. The second-order valence-electron chi connectivity index (χ2n) is 8.19. The smallest absolute Gasteiger partial charge is 0.309 e. The van der Waals surface area contributed by atoms with Gasteiger partial charge in [0.05, 0.1) is 13.1 Å². The Balaban J connectivity index is 1.73. The molecule has 1 heterocycles. The fraction of sp³-hybridized carbons (Fsp3) is 0.417. The van der Waals surface area contributed by atoms with Crippen molar-refractivity contribution in [3.63, 3.8) is 0 Å². The van der Waals surface area contributed by atoms with Crippen molar-refractivity contribution in [2.24, 2.45) is 0 Å². The highest BCUT2D eigenvalue weighted by Gasteiger charge is 2.29. The van der Waals surface area contributed by atoms with Gasteiger partial charge in [-0.3, -0.25) is 9.59 Å². The summed E-state index contributed by atoms with van der Waals surface area (Å²) in [6.45, 7) is 2.49. The number of nitrogens with one attached hydrogen (secondary N) is 3. The van der Waals surface area contributed by atoms with E-state index < -0.39 is 11.8 Å². The molecule has 7 nitrogen and oxygen atoms in total. The number of aliphatic hydroxyl groups is 1. The molecule has 2 amide bonds. The van der Waals surface area contributed by atoms with Gasteiger partial charge in [0.2, 0.25) is 0 Å². The molecule has 2 aromatic rings. The van der Waals surface area contributed by atoms with Crippen molar-refractivity contribution in [1.29, 1.82) is 0 Å². The highest BCUT2D eigenvalue weighted by Crippen LogP contribution is 2.18. The number of carbonyl (C=O) groups excluding carboxylic acids is 2. The van der Waals surface area contributed by atoms with Gasteiger partial charge in [-0.25, -0.2) is 0 Å². The summed E-state index contributed by atoms with van der Waals surface area (Å²) in [5.74, 6) is -1.29. The molecule has 2 atom stereocenters. The van der Waals surface area contributed by atoms with Crippen LogP contribution in [0.15, 0.2) is 48.5 Å². The van der Waals surface area contributed by atoms with E-state index in [2.05, 4.69) is 64.1 Å². The second kappa shape index (κ2) is 10.9. The molecule has 0 saturated heterocycles. The number of fused-ring (bicyclic) bond motifs is 1. The van der Waals surface area contributed by atoms with E-state index in [0.29, 0.717) is 13.0 Å². The van der Waals surface area contributed by atoms with E-state index >= 15 is 0 Å². The van der Waals surface area contributed by atoms with Gasteiger partial charge in [0.1, 0.15) is 12.6 Å². The minimum atomic E-state index is -0.658. The van der Waals surface area contributed by atoms with Crippen molar-refractivity contribution in [2.75, 3.05) is 45.2 Å². The number of quaternary nitrogens is 1. The summed E-state index contributed by atoms with van der Waals surface area (Å²) in [5, 5.41) is 14.2. The third kappa shape index (κ3) is 6.06. The van der Waals surface area contributed by atoms with Crippen LogP contribution in [0.3, 0.4) is 0 Å². The zero-order valence-corrected chi connectivity index (χ0v) is 18.4. The number of rotatable bonds is 8. The molecule has 0 fully saturated rings. The molecule has 3 rings (SSSR count). The molecule has 0 bridgehead atoms. The highest BCUT2D eigenvalue weighted by atomic mass is 16.3. The number of anilines is 1. The van der Waals surface area contributed by atoms with E-state index in [1.54, 1.807) is 0 Å². The third-order valence-electron chi connectivity index (χ3n) is 5.85. The van der Waals surface area contributed by atoms with E-state index in [1.807, 2.05) is 14.1 Å². The summed E-state index contributed by atoms with van der Waals surface area (Å²) in [6, 6.07) is 16.9. The van der Waals surface area contributed by atoms with Gasteiger partial charge in [0.15, 0.2) is 0 Å². The van der Waals surface area contributed by atoms with Crippen LogP contribution in [0.2, 0.25) is 0 Å². The topological polar surface area (TPSA) is 86.1 Å². The minimum absolute atomic E-state index is 0.0211. The van der Waals surface area contributed by atoms with Crippen LogP contribution in [-0.2, 0) is 22.6 Å². The van der Waals surface area contributed by atoms with Gasteiger partial charge in [-0.05, 0) is 24.1 Å². The first-order chi connectivity index (χ1) is 15.0. The van der Waals surface area contributed by atoms with Crippen LogP contribution in [0.5, 0.6) is 0 Å². The monoisotopic (exact) mass is 425 g/mol. The molecule has 31 heavy (non-hydrogen) atoms. The van der Waals surface area contributed by atoms with Crippen LogP contribution in [0.1, 0.15) is 29.2 Å².